The van der Waals surface area contributed by atoms with E-state index in [-0.39, 0.29) is 0 Å². The molecule has 0 fully saturated rings. The van der Waals surface area contributed by atoms with Gasteiger partial charge in [0, 0.05) is 13.2 Å². The van der Waals surface area contributed by atoms with E-state index in [4.69, 9.17) is 11.6 Å². The molecule has 2 heterocycles. The molecule has 0 atom stereocenters. The van der Waals surface area contributed by atoms with Gasteiger partial charge in [0.1, 0.15) is 11.6 Å². The highest BCUT2D eigenvalue weighted by Gasteiger charge is 2.08. The molecule has 0 saturated heterocycles. The van der Waals surface area contributed by atoms with Crippen molar-refractivity contribution in [3.8, 4) is 0 Å². The Balaban J connectivity index is 2.24. The van der Waals surface area contributed by atoms with Crippen molar-refractivity contribution in [1.29, 1.82) is 0 Å². The zero-order chi connectivity index (χ0) is 12.3. The minimum atomic E-state index is 0.660. The number of halogens is 1. The number of hydrogen-bond acceptors (Lipinski definition) is 5. The number of aromatic nitrogens is 2. The summed E-state index contributed by atoms with van der Waals surface area (Å²) >= 11 is 7.45. The van der Waals surface area contributed by atoms with E-state index in [0.29, 0.717) is 6.54 Å². The third kappa shape index (κ3) is 2.94. The highest BCUT2D eigenvalue weighted by atomic mass is 35.5. The highest BCUT2D eigenvalue weighted by molar-refractivity contribution is 7.20. The molecule has 4 nitrogen and oxygen atoms in total. The van der Waals surface area contributed by atoms with Gasteiger partial charge in [0.2, 0.25) is 0 Å². The number of hydrogen-bond donors (Lipinski definition) is 1. The second-order valence-electron chi connectivity index (χ2n) is 3.50. The monoisotopic (exact) mass is 268 g/mol. The minimum absolute atomic E-state index is 0.660. The Morgan fingerprint density at radius 2 is 2.24 bits per heavy atom. The van der Waals surface area contributed by atoms with Crippen molar-refractivity contribution in [2.24, 2.45) is 0 Å². The van der Waals surface area contributed by atoms with Gasteiger partial charge in [-0.25, -0.2) is 9.97 Å². The first-order valence-electron chi connectivity index (χ1n) is 5.16. The van der Waals surface area contributed by atoms with Gasteiger partial charge in [-0.2, -0.15) is 0 Å². The third-order valence-electron chi connectivity index (χ3n) is 2.26. The van der Waals surface area contributed by atoms with Crippen LogP contribution >= 0.6 is 22.9 Å². The normalized spacial score (nSPS) is 10.5. The van der Waals surface area contributed by atoms with Crippen molar-refractivity contribution < 1.29 is 0 Å². The lowest BCUT2D eigenvalue weighted by Crippen LogP contribution is -2.14. The summed E-state index contributed by atoms with van der Waals surface area (Å²) in [5, 5.41) is 4.09. The molecule has 2 aromatic rings. The Hall–Kier alpha value is -1.17. The molecule has 0 aliphatic rings. The predicted octanol–water partition coefficient (Wildman–Crippen LogP) is 2.68. The summed E-state index contributed by atoms with van der Waals surface area (Å²) in [6.45, 7) is 0.660. The largest absolute Gasteiger partial charge is 0.321 e. The molecular weight excluding hydrogens is 256 g/mol. The average molecular weight is 269 g/mol. The maximum atomic E-state index is 5.92. The second kappa shape index (κ2) is 5.44. The van der Waals surface area contributed by atoms with E-state index in [1.165, 1.54) is 11.3 Å². The van der Waals surface area contributed by atoms with Gasteiger partial charge in [0.25, 0.3) is 0 Å². The fraction of sp³-hybridized carbons (Fsp3) is 0.273. The average Bonchev–Trinajstić information content (AvgIpc) is 2.76. The SMILES string of the molecule is CNCc1nccc(N(C)c2ccc(Cl)s2)n1. The van der Waals surface area contributed by atoms with Gasteiger partial charge in [0.05, 0.1) is 15.9 Å². The molecular formula is C11H13ClN4S. The van der Waals surface area contributed by atoms with E-state index in [9.17, 15) is 0 Å². The number of anilines is 2. The fourth-order valence-electron chi connectivity index (χ4n) is 1.42. The Morgan fingerprint density at radius 3 is 2.88 bits per heavy atom. The Morgan fingerprint density at radius 1 is 1.41 bits per heavy atom. The van der Waals surface area contributed by atoms with E-state index >= 15 is 0 Å². The molecule has 17 heavy (non-hydrogen) atoms. The van der Waals surface area contributed by atoms with Crippen LogP contribution in [0.3, 0.4) is 0 Å². The smallest absolute Gasteiger partial charge is 0.144 e. The number of nitrogens with zero attached hydrogens (tertiary/aromatic N) is 3. The van der Waals surface area contributed by atoms with Gasteiger partial charge in [-0.15, -0.1) is 11.3 Å². The second-order valence-corrected chi connectivity index (χ2v) is 5.19. The molecule has 0 unspecified atom stereocenters. The van der Waals surface area contributed by atoms with Crippen molar-refractivity contribution in [3.05, 3.63) is 34.6 Å². The fourth-order valence-corrected chi connectivity index (χ4v) is 2.42. The van der Waals surface area contributed by atoms with Crippen molar-refractivity contribution >= 4 is 33.8 Å². The van der Waals surface area contributed by atoms with Crippen molar-refractivity contribution in [3.63, 3.8) is 0 Å². The van der Waals surface area contributed by atoms with Crippen LogP contribution in [0.15, 0.2) is 24.4 Å². The van der Waals surface area contributed by atoms with Crippen LogP contribution in [0.25, 0.3) is 0 Å². The van der Waals surface area contributed by atoms with Crippen LogP contribution in [0.1, 0.15) is 5.82 Å². The lowest BCUT2D eigenvalue weighted by atomic mass is 10.4. The molecule has 0 saturated carbocycles. The highest BCUT2D eigenvalue weighted by Crippen LogP contribution is 2.32. The molecule has 0 aromatic carbocycles. The first-order chi connectivity index (χ1) is 8.20. The topological polar surface area (TPSA) is 41.1 Å². The minimum Gasteiger partial charge on any atom is -0.321 e. The van der Waals surface area contributed by atoms with E-state index < -0.39 is 0 Å². The zero-order valence-corrected chi connectivity index (χ0v) is 11.2. The number of rotatable bonds is 4. The third-order valence-corrected chi connectivity index (χ3v) is 3.57. The Kier molecular flexibility index (Phi) is 3.93. The Labute approximate surface area is 109 Å². The van der Waals surface area contributed by atoms with Crippen molar-refractivity contribution in [2.45, 2.75) is 6.54 Å². The molecule has 90 valence electrons. The summed E-state index contributed by atoms with van der Waals surface area (Å²) in [6, 6.07) is 5.74. The first-order valence-corrected chi connectivity index (χ1v) is 6.35. The summed E-state index contributed by atoms with van der Waals surface area (Å²) in [5.41, 5.74) is 0. The lowest BCUT2D eigenvalue weighted by molar-refractivity contribution is 0.757. The molecule has 2 aromatic heterocycles. The van der Waals surface area contributed by atoms with Crippen LogP contribution in [-0.2, 0) is 6.54 Å². The van der Waals surface area contributed by atoms with Crippen LogP contribution in [0.4, 0.5) is 10.8 Å². The van der Waals surface area contributed by atoms with Crippen LogP contribution in [0.5, 0.6) is 0 Å². The summed E-state index contributed by atoms with van der Waals surface area (Å²) in [4.78, 5) is 10.6. The summed E-state index contributed by atoms with van der Waals surface area (Å²) in [5.74, 6) is 1.64. The van der Waals surface area contributed by atoms with Crippen LogP contribution in [0.2, 0.25) is 4.34 Å². The maximum Gasteiger partial charge on any atom is 0.144 e. The standard InChI is InChI=1S/C11H13ClN4S/c1-13-7-9-14-6-5-10(15-9)16(2)11-4-3-8(12)17-11/h3-6,13H,7H2,1-2H3. The number of thiophene rings is 1. The van der Waals surface area contributed by atoms with Gasteiger partial charge in [0.15, 0.2) is 0 Å². The molecule has 0 radical (unpaired) electrons. The van der Waals surface area contributed by atoms with Crippen LogP contribution in [0, 0.1) is 0 Å². The van der Waals surface area contributed by atoms with E-state index in [2.05, 4.69) is 15.3 Å². The van der Waals surface area contributed by atoms with E-state index in [0.717, 1.165) is 21.0 Å². The molecule has 2 rings (SSSR count). The molecule has 0 spiro atoms. The van der Waals surface area contributed by atoms with E-state index in [1.54, 1.807) is 6.20 Å². The molecule has 0 bridgehead atoms. The van der Waals surface area contributed by atoms with Gasteiger partial charge in [-0.1, -0.05) is 11.6 Å². The predicted molar refractivity (Wildman–Crippen MR) is 72.2 cm³/mol. The van der Waals surface area contributed by atoms with Crippen LogP contribution < -0.4 is 10.2 Å². The molecule has 0 aliphatic heterocycles. The molecule has 6 heteroatoms. The maximum absolute atomic E-state index is 5.92. The zero-order valence-electron chi connectivity index (χ0n) is 9.64. The Bertz CT molecular complexity index is 500. The molecule has 1 N–H and O–H groups in total. The summed E-state index contributed by atoms with van der Waals surface area (Å²) < 4.78 is 0.774. The molecule has 0 aliphatic carbocycles. The lowest BCUT2D eigenvalue weighted by Gasteiger charge is -2.16. The summed E-state index contributed by atoms with van der Waals surface area (Å²) in [7, 11) is 3.84. The van der Waals surface area contributed by atoms with Gasteiger partial charge >= 0.3 is 0 Å². The van der Waals surface area contributed by atoms with E-state index in [1.807, 2.05) is 37.2 Å². The first kappa shape index (κ1) is 12.3. The quantitative estimate of drug-likeness (QED) is 0.926. The molecule has 0 amide bonds. The van der Waals surface area contributed by atoms with Gasteiger partial charge in [-0.05, 0) is 25.2 Å². The van der Waals surface area contributed by atoms with Gasteiger partial charge in [-0.3, -0.25) is 0 Å². The number of nitrogens with one attached hydrogen (secondary N) is 1. The van der Waals surface area contributed by atoms with Crippen molar-refractivity contribution in [1.82, 2.24) is 15.3 Å². The van der Waals surface area contributed by atoms with Crippen molar-refractivity contribution in [2.75, 3.05) is 19.0 Å². The van der Waals surface area contributed by atoms with Crippen LogP contribution in [-0.4, -0.2) is 24.1 Å². The summed E-state index contributed by atoms with van der Waals surface area (Å²) in [6.07, 6.45) is 1.76. The van der Waals surface area contributed by atoms with Gasteiger partial charge < -0.3 is 10.2 Å².